The van der Waals surface area contributed by atoms with Crippen LogP contribution >= 0.6 is 0 Å². The minimum Gasteiger partial charge on any atom is -0.272 e. The summed E-state index contributed by atoms with van der Waals surface area (Å²) >= 11 is 0. The molecule has 3 aliphatic heterocycles. The zero-order valence-corrected chi connectivity index (χ0v) is 14.9. The lowest BCUT2D eigenvalue weighted by atomic mass is 9.97. The fraction of sp³-hybridized carbons (Fsp3) is 0.769. The average molecular weight is 362 g/mol. The second-order valence-corrected chi connectivity index (χ2v) is 10.2. The molecule has 0 N–H and O–H groups in total. The predicted molar refractivity (Wildman–Crippen MR) is 84.7 cm³/mol. The molecule has 1 aromatic heterocycles. The molecule has 0 saturated carbocycles. The zero-order chi connectivity index (χ0) is 16.8. The molecule has 2 bridgehead atoms. The Kier molecular flexibility index (Phi) is 4.28. The van der Waals surface area contributed by atoms with Crippen LogP contribution in [0.5, 0.6) is 0 Å². The van der Waals surface area contributed by atoms with Crippen molar-refractivity contribution >= 4 is 20.0 Å². The third kappa shape index (κ3) is 3.17. The van der Waals surface area contributed by atoms with Gasteiger partial charge in [0.05, 0.1) is 12.5 Å². The summed E-state index contributed by atoms with van der Waals surface area (Å²) in [4.78, 5) is 0.179. The molecule has 4 rings (SSSR count). The van der Waals surface area contributed by atoms with Crippen LogP contribution in [0.1, 0.15) is 19.8 Å². The fourth-order valence-electron chi connectivity index (χ4n) is 3.35. The highest BCUT2D eigenvalue weighted by atomic mass is 32.2. The monoisotopic (exact) mass is 362 g/mol. The summed E-state index contributed by atoms with van der Waals surface area (Å²) in [5, 5.41) is 4.04. The number of aromatic nitrogens is 2. The predicted octanol–water partition coefficient (Wildman–Crippen LogP) is -0.0525. The van der Waals surface area contributed by atoms with Crippen molar-refractivity contribution in [3.05, 3.63) is 12.4 Å². The zero-order valence-electron chi connectivity index (χ0n) is 13.3. The fourth-order valence-corrected chi connectivity index (χ4v) is 5.95. The Morgan fingerprint density at radius 3 is 2.52 bits per heavy atom. The van der Waals surface area contributed by atoms with Crippen molar-refractivity contribution in [2.24, 2.45) is 5.92 Å². The van der Waals surface area contributed by atoms with Gasteiger partial charge in [-0.15, -0.1) is 0 Å². The molecule has 23 heavy (non-hydrogen) atoms. The molecular weight excluding hydrogens is 340 g/mol. The molecule has 0 amide bonds. The number of rotatable bonds is 4. The smallest absolute Gasteiger partial charge is 0.246 e. The summed E-state index contributed by atoms with van der Waals surface area (Å²) in [6, 6.07) is -0.307. The van der Waals surface area contributed by atoms with Gasteiger partial charge in [0, 0.05) is 38.4 Å². The van der Waals surface area contributed by atoms with Crippen LogP contribution in [0.25, 0.3) is 0 Å². The number of nitrogens with zero attached hydrogens (tertiary/aromatic N) is 4. The Hall–Kier alpha value is -0.970. The molecular formula is C13H22N4O4S2. The number of hydrogen-bond donors (Lipinski definition) is 0. The largest absolute Gasteiger partial charge is 0.272 e. The number of hydrogen-bond acceptors (Lipinski definition) is 5. The van der Waals surface area contributed by atoms with E-state index in [0.29, 0.717) is 26.1 Å². The van der Waals surface area contributed by atoms with Crippen molar-refractivity contribution in [2.45, 2.75) is 37.2 Å². The highest BCUT2D eigenvalue weighted by Crippen LogP contribution is 2.33. The maximum atomic E-state index is 12.9. The summed E-state index contributed by atoms with van der Waals surface area (Å²) in [6.45, 7) is 3.49. The first-order chi connectivity index (χ1) is 10.7. The van der Waals surface area contributed by atoms with Crippen LogP contribution in [0.3, 0.4) is 0 Å². The van der Waals surface area contributed by atoms with Gasteiger partial charge in [-0.2, -0.15) is 9.40 Å². The molecule has 10 heteroatoms. The Morgan fingerprint density at radius 2 is 1.91 bits per heavy atom. The Labute approximate surface area is 137 Å². The van der Waals surface area contributed by atoms with Crippen LogP contribution in [0.15, 0.2) is 17.3 Å². The SMILES string of the molecule is CCn1cc(S(=O)(=O)N2C[C@@H]3CC[C@H]2CN(S(C)(=O)=O)C3)cn1. The van der Waals surface area contributed by atoms with Gasteiger partial charge >= 0.3 is 0 Å². The lowest BCUT2D eigenvalue weighted by molar-refractivity contribution is 0.230. The van der Waals surface area contributed by atoms with E-state index in [1.54, 1.807) is 4.68 Å². The van der Waals surface area contributed by atoms with Gasteiger partial charge in [-0.25, -0.2) is 21.1 Å². The second kappa shape index (κ2) is 5.83. The molecule has 1 aromatic rings. The Bertz CT molecular complexity index is 787. The van der Waals surface area contributed by atoms with E-state index in [1.807, 2.05) is 6.92 Å². The van der Waals surface area contributed by atoms with Crippen molar-refractivity contribution in [2.75, 3.05) is 25.9 Å². The van der Waals surface area contributed by atoms with Gasteiger partial charge in [0.25, 0.3) is 0 Å². The molecule has 3 saturated heterocycles. The van der Waals surface area contributed by atoms with Gasteiger partial charge in [-0.3, -0.25) is 4.68 Å². The topological polar surface area (TPSA) is 92.6 Å². The highest BCUT2D eigenvalue weighted by Gasteiger charge is 2.43. The molecule has 4 heterocycles. The van der Waals surface area contributed by atoms with Crippen molar-refractivity contribution in [1.29, 1.82) is 0 Å². The van der Waals surface area contributed by atoms with Crippen LogP contribution in [0.4, 0.5) is 0 Å². The highest BCUT2D eigenvalue weighted by molar-refractivity contribution is 7.89. The van der Waals surface area contributed by atoms with Crippen LogP contribution in [0.2, 0.25) is 0 Å². The van der Waals surface area contributed by atoms with Gasteiger partial charge in [0.1, 0.15) is 4.90 Å². The quantitative estimate of drug-likeness (QED) is 0.749. The van der Waals surface area contributed by atoms with Crippen molar-refractivity contribution in [3.8, 4) is 0 Å². The van der Waals surface area contributed by atoms with E-state index in [9.17, 15) is 16.8 Å². The first-order valence-corrected chi connectivity index (χ1v) is 11.0. The van der Waals surface area contributed by atoms with E-state index in [2.05, 4.69) is 5.10 Å². The summed E-state index contributed by atoms with van der Waals surface area (Å²) in [5.74, 6) is 0.0412. The van der Waals surface area contributed by atoms with Gasteiger partial charge in [-0.05, 0) is 25.7 Å². The lowest BCUT2D eigenvalue weighted by Crippen LogP contribution is -2.47. The van der Waals surface area contributed by atoms with Crippen molar-refractivity contribution < 1.29 is 16.8 Å². The number of piperidine rings is 1. The van der Waals surface area contributed by atoms with Crippen molar-refractivity contribution in [1.82, 2.24) is 18.4 Å². The molecule has 0 aromatic carbocycles. The van der Waals surface area contributed by atoms with Crippen LogP contribution in [0, 0.1) is 5.92 Å². The Balaban J connectivity index is 1.92. The van der Waals surface area contributed by atoms with E-state index in [4.69, 9.17) is 0 Å². The molecule has 130 valence electrons. The van der Waals surface area contributed by atoms with E-state index in [1.165, 1.54) is 27.3 Å². The minimum atomic E-state index is -3.65. The standard InChI is InChI=1S/C13H22N4O4S2/c1-3-15-10-13(6-14-15)23(20,21)17-8-11-4-5-12(17)9-16(7-11)22(2,18)19/h6,10-12H,3-5,7-9H2,1-2H3/t11-,12+/m1/s1. The van der Waals surface area contributed by atoms with E-state index in [-0.39, 0.29) is 23.4 Å². The van der Waals surface area contributed by atoms with Crippen LogP contribution in [-0.4, -0.2) is 67.2 Å². The molecule has 0 aliphatic carbocycles. The summed E-state index contributed by atoms with van der Waals surface area (Å²) < 4.78 is 54.1. The number of aryl methyl sites for hydroxylation is 1. The third-order valence-corrected chi connectivity index (χ3v) is 7.75. The minimum absolute atomic E-state index is 0.0412. The molecule has 0 spiro atoms. The third-order valence-electron chi connectivity index (χ3n) is 4.64. The maximum Gasteiger partial charge on any atom is 0.246 e. The first-order valence-electron chi connectivity index (χ1n) is 7.71. The normalized spacial score (nSPS) is 27.2. The number of sulfonamides is 2. The molecule has 3 fully saturated rings. The molecule has 0 unspecified atom stereocenters. The Morgan fingerprint density at radius 1 is 1.17 bits per heavy atom. The van der Waals surface area contributed by atoms with Crippen molar-refractivity contribution in [3.63, 3.8) is 0 Å². The summed E-state index contributed by atoms with van der Waals surface area (Å²) in [5.41, 5.74) is 0. The summed E-state index contributed by atoms with van der Waals surface area (Å²) in [6.07, 6.45) is 5.63. The molecule has 3 aliphatic rings. The molecule has 2 atom stereocenters. The van der Waals surface area contributed by atoms with E-state index >= 15 is 0 Å². The van der Waals surface area contributed by atoms with Gasteiger partial charge < -0.3 is 0 Å². The van der Waals surface area contributed by atoms with Gasteiger partial charge in [0.15, 0.2) is 0 Å². The van der Waals surface area contributed by atoms with Gasteiger partial charge in [0.2, 0.25) is 20.0 Å². The van der Waals surface area contributed by atoms with E-state index in [0.717, 1.165) is 6.42 Å². The summed E-state index contributed by atoms with van der Waals surface area (Å²) in [7, 11) is -6.96. The van der Waals surface area contributed by atoms with Crippen LogP contribution < -0.4 is 0 Å². The lowest BCUT2D eigenvalue weighted by Gasteiger charge is -2.34. The number of fused-ring (bicyclic) bond motifs is 4. The molecule has 8 nitrogen and oxygen atoms in total. The second-order valence-electron chi connectivity index (χ2n) is 6.28. The van der Waals surface area contributed by atoms with Crippen LogP contribution in [-0.2, 0) is 26.6 Å². The first kappa shape index (κ1) is 16.9. The van der Waals surface area contributed by atoms with E-state index < -0.39 is 20.0 Å². The average Bonchev–Trinajstić information content (AvgIpc) is 2.77. The maximum absolute atomic E-state index is 12.9. The van der Waals surface area contributed by atoms with Gasteiger partial charge in [-0.1, -0.05) is 0 Å². The molecule has 0 radical (unpaired) electrons.